The number of hydrogen-bond acceptors (Lipinski definition) is 8. The number of ether oxygens (including phenoxy) is 2. The van der Waals surface area contributed by atoms with Gasteiger partial charge < -0.3 is 19.7 Å². The number of carbonyl (C=O) groups is 4. The molecule has 1 heterocycles. The monoisotopic (exact) mass is 572 g/mol. The van der Waals surface area contributed by atoms with Crippen molar-refractivity contribution < 1.29 is 28.7 Å². The van der Waals surface area contributed by atoms with Crippen LogP contribution in [-0.4, -0.2) is 72.5 Å². The van der Waals surface area contributed by atoms with E-state index in [1.165, 1.54) is 6.07 Å². The van der Waals surface area contributed by atoms with E-state index in [1.54, 1.807) is 28.1 Å². The molecule has 0 saturated carbocycles. The van der Waals surface area contributed by atoms with Crippen LogP contribution < -0.4 is 16.1 Å². The van der Waals surface area contributed by atoms with Gasteiger partial charge in [-0.05, 0) is 29.3 Å². The SMILES string of the molecule is N=C(NC(=O)OCc1ccccc1)N1CCN(NC(=O)c2cccc(C(=O)NCC(=O)OCc3ccccc3)c2)CC1. The van der Waals surface area contributed by atoms with Crippen molar-refractivity contribution in [3.63, 3.8) is 0 Å². The lowest BCUT2D eigenvalue weighted by Gasteiger charge is -2.35. The molecule has 1 aliphatic rings. The predicted molar refractivity (Wildman–Crippen MR) is 153 cm³/mol. The van der Waals surface area contributed by atoms with Gasteiger partial charge in [-0.1, -0.05) is 66.7 Å². The fourth-order valence-electron chi connectivity index (χ4n) is 4.03. The number of amides is 3. The van der Waals surface area contributed by atoms with Crippen LogP contribution in [0.4, 0.5) is 4.79 Å². The van der Waals surface area contributed by atoms with E-state index in [-0.39, 0.29) is 36.8 Å². The van der Waals surface area contributed by atoms with Crippen molar-refractivity contribution in [1.82, 2.24) is 26.0 Å². The third kappa shape index (κ3) is 9.17. The van der Waals surface area contributed by atoms with Crippen LogP contribution in [0.2, 0.25) is 0 Å². The minimum atomic E-state index is -0.715. The fourth-order valence-corrected chi connectivity index (χ4v) is 4.03. The molecule has 1 saturated heterocycles. The van der Waals surface area contributed by atoms with Gasteiger partial charge in [0.15, 0.2) is 0 Å². The summed E-state index contributed by atoms with van der Waals surface area (Å²) in [5.41, 5.74) is 4.98. The molecule has 3 aromatic rings. The molecule has 0 atom stereocenters. The number of carbonyl (C=O) groups excluding carboxylic acids is 4. The quantitative estimate of drug-likeness (QED) is 0.173. The first-order valence-corrected chi connectivity index (χ1v) is 13.3. The predicted octanol–water partition coefficient (Wildman–Crippen LogP) is 2.28. The average molecular weight is 573 g/mol. The van der Waals surface area contributed by atoms with E-state index in [9.17, 15) is 19.2 Å². The zero-order valence-electron chi connectivity index (χ0n) is 22.9. The number of benzene rings is 3. The Bertz CT molecular complexity index is 1390. The molecule has 12 nitrogen and oxygen atoms in total. The van der Waals surface area contributed by atoms with E-state index in [0.717, 1.165) is 11.1 Å². The van der Waals surface area contributed by atoms with Gasteiger partial charge in [0.1, 0.15) is 19.8 Å². The summed E-state index contributed by atoms with van der Waals surface area (Å²) in [6, 6.07) is 24.6. The lowest BCUT2D eigenvalue weighted by atomic mass is 10.1. The fraction of sp³-hybridized carbons (Fsp3) is 0.233. The van der Waals surface area contributed by atoms with Crippen LogP contribution >= 0.6 is 0 Å². The molecule has 1 aliphatic heterocycles. The Morgan fingerprint density at radius 3 is 1.90 bits per heavy atom. The molecule has 0 aromatic heterocycles. The third-order valence-electron chi connectivity index (χ3n) is 6.31. The molecular weight excluding hydrogens is 540 g/mol. The maximum Gasteiger partial charge on any atom is 0.414 e. The Kier molecular flexibility index (Phi) is 10.6. The minimum absolute atomic E-state index is 0.0818. The molecule has 12 heteroatoms. The Labute approximate surface area is 243 Å². The normalized spacial score (nSPS) is 13.0. The van der Waals surface area contributed by atoms with Crippen molar-refractivity contribution >= 4 is 29.8 Å². The topological polar surface area (TPSA) is 153 Å². The Balaban J connectivity index is 1.17. The number of piperazine rings is 1. The van der Waals surface area contributed by atoms with Gasteiger partial charge in [-0.15, -0.1) is 0 Å². The highest BCUT2D eigenvalue weighted by molar-refractivity contribution is 6.00. The molecule has 218 valence electrons. The molecular formula is C30H32N6O6. The van der Waals surface area contributed by atoms with Gasteiger partial charge in [-0.3, -0.25) is 30.5 Å². The summed E-state index contributed by atoms with van der Waals surface area (Å²) in [5, 5.41) is 14.8. The molecule has 0 unspecified atom stereocenters. The molecule has 0 spiro atoms. The zero-order chi connectivity index (χ0) is 29.7. The summed E-state index contributed by atoms with van der Waals surface area (Å²) >= 11 is 0. The van der Waals surface area contributed by atoms with Gasteiger partial charge in [0, 0.05) is 37.3 Å². The van der Waals surface area contributed by atoms with Crippen LogP contribution in [0.5, 0.6) is 0 Å². The number of hydrogen-bond donors (Lipinski definition) is 4. The molecule has 0 bridgehead atoms. The summed E-state index contributed by atoms with van der Waals surface area (Å²) in [6.07, 6.45) is -0.715. The highest BCUT2D eigenvalue weighted by Gasteiger charge is 2.22. The molecule has 0 radical (unpaired) electrons. The number of guanidine groups is 1. The van der Waals surface area contributed by atoms with Crippen molar-refractivity contribution in [2.24, 2.45) is 0 Å². The van der Waals surface area contributed by atoms with Gasteiger partial charge in [-0.2, -0.15) is 0 Å². The van der Waals surface area contributed by atoms with Crippen LogP contribution in [0.1, 0.15) is 31.8 Å². The van der Waals surface area contributed by atoms with Gasteiger partial charge >= 0.3 is 12.1 Å². The maximum absolute atomic E-state index is 12.8. The number of nitrogens with zero attached hydrogens (tertiary/aromatic N) is 2. The van der Waals surface area contributed by atoms with Crippen molar-refractivity contribution in [2.75, 3.05) is 32.7 Å². The van der Waals surface area contributed by atoms with Crippen LogP contribution in [-0.2, 0) is 27.5 Å². The molecule has 42 heavy (non-hydrogen) atoms. The number of nitrogens with one attached hydrogen (secondary N) is 4. The average Bonchev–Trinajstić information content (AvgIpc) is 3.03. The van der Waals surface area contributed by atoms with E-state index in [0.29, 0.717) is 26.2 Å². The zero-order valence-corrected chi connectivity index (χ0v) is 22.9. The maximum atomic E-state index is 12.8. The van der Waals surface area contributed by atoms with Crippen molar-refractivity contribution in [3.8, 4) is 0 Å². The van der Waals surface area contributed by atoms with Gasteiger partial charge in [0.05, 0.1) is 0 Å². The van der Waals surface area contributed by atoms with Crippen molar-refractivity contribution in [2.45, 2.75) is 13.2 Å². The molecule has 4 rings (SSSR count). The van der Waals surface area contributed by atoms with Crippen LogP contribution in [0, 0.1) is 5.41 Å². The number of rotatable bonds is 9. The second-order valence-corrected chi connectivity index (χ2v) is 9.36. The van der Waals surface area contributed by atoms with Crippen molar-refractivity contribution in [3.05, 3.63) is 107 Å². The Morgan fingerprint density at radius 1 is 0.714 bits per heavy atom. The van der Waals surface area contributed by atoms with E-state index in [1.807, 2.05) is 60.7 Å². The van der Waals surface area contributed by atoms with Crippen LogP contribution in [0.25, 0.3) is 0 Å². The number of alkyl carbamates (subject to hydrolysis) is 1. The Hall–Kier alpha value is -5.23. The summed E-state index contributed by atoms with van der Waals surface area (Å²) < 4.78 is 10.3. The standard InChI is InChI=1S/C30H32N6O6/c31-29(33-30(40)42-21-23-10-5-2-6-11-23)35-14-16-36(17-15-35)34-28(39)25-13-7-12-24(18-25)27(38)32-19-26(37)41-20-22-8-3-1-4-9-22/h1-13,18H,14-17,19-21H2,(H,32,38)(H,34,39)(H2,31,33,40). The molecule has 1 fully saturated rings. The second kappa shape index (κ2) is 15.0. The summed E-state index contributed by atoms with van der Waals surface area (Å²) in [4.78, 5) is 51.1. The molecule has 0 aliphatic carbocycles. The summed E-state index contributed by atoms with van der Waals surface area (Å²) in [7, 11) is 0. The van der Waals surface area contributed by atoms with E-state index >= 15 is 0 Å². The first-order chi connectivity index (χ1) is 20.4. The molecule has 4 N–H and O–H groups in total. The van der Waals surface area contributed by atoms with Gasteiger partial charge in [0.25, 0.3) is 11.8 Å². The van der Waals surface area contributed by atoms with E-state index in [2.05, 4.69) is 16.1 Å². The lowest BCUT2D eigenvalue weighted by molar-refractivity contribution is -0.143. The largest absolute Gasteiger partial charge is 0.460 e. The lowest BCUT2D eigenvalue weighted by Crippen LogP contribution is -2.57. The van der Waals surface area contributed by atoms with Gasteiger partial charge in [0.2, 0.25) is 5.96 Å². The summed E-state index contributed by atoms with van der Waals surface area (Å²) in [5.74, 6) is -1.57. The Morgan fingerprint density at radius 2 is 1.29 bits per heavy atom. The van der Waals surface area contributed by atoms with E-state index in [4.69, 9.17) is 14.9 Å². The molecule has 3 amide bonds. The summed E-state index contributed by atoms with van der Waals surface area (Å²) in [6.45, 7) is 1.49. The number of esters is 1. The smallest absolute Gasteiger partial charge is 0.414 e. The van der Waals surface area contributed by atoms with E-state index < -0.39 is 23.9 Å². The second-order valence-electron chi connectivity index (χ2n) is 9.36. The highest BCUT2D eigenvalue weighted by Crippen LogP contribution is 2.08. The van der Waals surface area contributed by atoms with Crippen LogP contribution in [0.15, 0.2) is 84.9 Å². The third-order valence-corrected chi connectivity index (χ3v) is 6.31. The number of hydrazine groups is 1. The van der Waals surface area contributed by atoms with Crippen molar-refractivity contribution in [1.29, 1.82) is 5.41 Å². The van der Waals surface area contributed by atoms with Crippen LogP contribution in [0.3, 0.4) is 0 Å². The highest BCUT2D eigenvalue weighted by atomic mass is 16.5. The first-order valence-electron chi connectivity index (χ1n) is 13.3. The minimum Gasteiger partial charge on any atom is -0.460 e. The van der Waals surface area contributed by atoms with Gasteiger partial charge in [-0.25, -0.2) is 9.80 Å². The molecule has 3 aromatic carbocycles. The first kappa shape index (κ1) is 29.7.